The number of phosphoric acid groups is 1. The van der Waals surface area contributed by atoms with Gasteiger partial charge in [0.05, 0.1) is 19.5 Å². The van der Waals surface area contributed by atoms with Gasteiger partial charge in [0.1, 0.15) is 30.2 Å². The Kier molecular flexibility index (Phi) is 5.49. The molecule has 3 aliphatic rings. The summed E-state index contributed by atoms with van der Waals surface area (Å²) in [5, 5.41) is 11.0. The molecule has 198 valence electrons. The Morgan fingerprint density at radius 1 is 1.05 bits per heavy atom. The zero-order valence-electron chi connectivity index (χ0n) is 20.0. The Hall–Kier alpha value is -3.84. The van der Waals surface area contributed by atoms with Crippen LogP contribution in [0.2, 0.25) is 0 Å². The van der Waals surface area contributed by atoms with Crippen LogP contribution in [0.3, 0.4) is 0 Å². The molecule has 1 unspecified atom stereocenters. The number of anilines is 1. The number of nitrogen functional groups attached to an aromatic ring is 1. The summed E-state index contributed by atoms with van der Waals surface area (Å²) in [6.07, 6.45) is -1.28. The van der Waals surface area contributed by atoms with Gasteiger partial charge in [-0.15, -0.1) is 0 Å². The molecule has 1 aliphatic carbocycles. The molecular formula is C25H20N5O8P. The number of carbonyl (C=O) groups excluding carboxylic acids is 2. The second kappa shape index (κ2) is 8.85. The van der Waals surface area contributed by atoms with Crippen molar-refractivity contribution in [3.05, 3.63) is 82.9 Å². The number of carbonyl (C=O) groups is 2. The van der Waals surface area contributed by atoms with E-state index in [1.165, 1.54) is 23.3 Å². The molecule has 4 aromatic rings. The molecule has 2 saturated heterocycles. The number of benzene rings is 2. The lowest BCUT2D eigenvalue weighted by Gasteiger charge is -2.30. The van der Waals surface area contributed by atoms with Gasteiger partial charge in [0.2, 0.25) is 0 Å². The van der Waals surface area contributed by atoms with E-state index < -0.39 is 32.4 Å². The zero-order chi connectivity index (χ0) is 26.9. The highest BCUT2D eigenvalue weighted by atomic mass is 31.2. The number of rotatable bonds is 4. The van der Waals surface area contributed by atoms with Crippen LogP contribution in [0, 0.1) is 0 Å². The molecule has 2 fully saturated rings. The molecule has 0 amide bonds. The van der Waals surface area contributed by atoms with Crippen molar-refractivity contribution >= 4 is 36.4 Å². The molecule has 2 aliphatic heterocycles. The number of aromatic nitrogens is 4. The molecule has 7 rings (SSSR count). The van der Waals surface area contributed by atoms with E-state index in [0.717, 1.165) is 0 Å². The number of fused-ring (bicyclic) bond motifs is 4. The molecule has 13 nitrogen and oxygen atoms in total. The number of ether oxygens (including phenoxy) is 1. The summed E-state index contributed by atoms with van der Waals surface area (Å²) >= 11 is 0. The first-order valence-corrected chi connectivity index (χ1v) is 13.4. The highest BCUT2D eigenvalue weighted by Crippen LogP contribution is 2.57. The minimum absolute atomic E-state index is 0.160. The largest absolute Gasteiger partial charge is 0.475 e. The minimum atomic E-state index is -4.12. The summed E-state index contributed by atoms with van der Waals surface area (Å²) < 4.78 is 37.3. The van der Waals surface area contributed by atoms with E-state index in [2.05, 4.69) is 15.0 Å². The summed E-state index contributed by atoms with van der Waals surface area (Å²) in [4.78, 5) is 38.1. The van der Waals surface area contributed by atoms with Crippen LogP contribution >= 0.6 is 7.82 Å². The second-order valence-electron chi connectivity index (χ2n) is 9.31. The van der Waals surface area contributed by atoms with Crippen molar-refractivity contribution in [2.45, 2.75) is 31.1 Å². The second-order valence-corrected chi connectivity index (χ2v) is 10.9. The number of phosphoric ester groups is 1. The maximum atomic E-state index is 13.3. The van der Waals surface area contributed by atoms with Crippen molar-refractivity contribution in [3.63, 3.8) is 0 Å². The zero-order valence-corrected chi connectivity index (χ0v) is 20.9. The Morgan fingerprint density at radius 3 is 2.59 bits per heavy atom. The predicted octanol–water partition coefficient (Wildman–Crippen LogP) is 2.18. The highest BCUT2D eigenvalue weighted by Gasteiger charge is 2.53. The normalized spacial score (nSPS) is 27.8. The van der Waals surface area contributed by atoms with Gasteiger partial charge in [-0.2, -0.15) is 0 Å². The monoisotopic (exact) mass is 549 g/mol. The number of nitrogens with zero attached hydrogens (tertiary/aromatic N) is 4. The van der Waals surface area contributed by atoms with E-state index in [9.17, 15) is 19.3 Å². The van der Waals surface area contributed by atoms with E-state index in [1.807, 2.05) is 0 Å². The third-order valence-corrected chi connectivity index (χ3v) is 8.41. The van der Waals surface area contributed by atoms with Crippen molar-refractivity contribution < 1.29 is 37.6 Å². The Morgan fingerprint density at radius 2 is 1.79 bits per heavy atom. The lowest BCUT2D eigenvalue weighted by atomic mass is 9.83. The molecule has 0 spiro atoms. The van der Waals surface area contributed by atoms with Crippen LogP contribution in [0.5, 0.6) is 0 Å². The lowest BCUT2D eigenvalue weighted by Crippen LogP contribution is -2.39. The maximum Gasteiger partial charge on any atom is 0.475 e. The SMILES string of the molecule is Nc1ncnc2c1ncn2[C@@H]1O[C@@H]2COP(=O)(OCc3ccc4c(c3)C(=O)c3ccccc3C4=O)O[C@H]2[C@H]1O. The van der Waals surface area contributed by atoms with Crippen LogP contribution in [0.15, 0.2) is 55.1 Å². The Labute approximate surface area is 220 Å². The van der Waals surface area contributed by atoms with Crippen LogP contribution in [0.1, 0.15) is 43.6 Å². The molecule has 0 bridgehead atoms. The first kappa shape index (κ1) is 24.2. The molecule has 4 heterocycles. The third kappa shape index (κ3) is 3.82. The standard InChI is InChI=1S/C25H20N5O8P/c26-23-18-24(28-10-27-23)30(11-29-18)25-21(33)22-17(37-25)9-36-39(34,38-22)35-8-12-5-6-15-16(7-12)20(32)14-4-2-1-3-13(14)19(15)31/h1-7,10-11,17,21-22,25,33H,8-9H2,(H2,26,27,28)/t17-,21-,22-,25-,39?/m1/s1. The van der Waals surface area contributed by atoms with Crippen LogP contribution in [-0.2, 0) is 29.5 Å². The first-order chi connectivity index (χ1) is 18.8. The molecular weight excluding hydrogens is 529 g/mol. The molecule has 0 saturated carbocycles. The van der Waals surface area contributed by atoms with Crippen molar-refractivity contribution in [1.82, 2.24) is 19.5 Å². The summed E-state index contributed by atoms with van der Waals surface area (Å²) in [6.45, 7) is -0.388. The van der Waals surface area contributed by atoms with Crippen molar-refractivity contribution in [1.29, 1.82) is 0 Å². The summed E-state index contributed by atoms with van der Waals surface area (Å²) in [5.74, 6) is -0.341. The smallest absolute Gasteiger partial charge is 0.386 e. The molecule has 3 N–H and O–H groups in total. The van der Waals surface area contributed by atoms with Crippen molar-refractivity contribution in [2.24, 2.45) is 0 Å². The van der Waals surface area contributed by atoms with E-state index in [4.69, 9.17) is 24.0 Å². The van der Waals surface area contributed by atoms with Gasteiger partial charge in [-0.3, -0.25) is 27.7 Å². The molecule has 39 heavy (non-hydrogen) atoms. The van der Waals surface area contributed by atoms with Gasteiger partial charge in [-0.1, -0.05) is 30.3 Å². The summed E-state index contributed by atoms with van der Waals surface area (Å²) in [5.41, 5.74) is 8.26. The fraction of sp³-hybridized carbons (Fsp3) is 0.240. The van der Waals surface area contributed by atoms with Gasteiger partial charge in [0.25, 0.3) is 0 Å². The van der Waals surface area contributed by atoms with Gasteiger partial charge in [0, 0.05) is 22.3 Å². The molecule has 2 aromatic heterocycles. The molecule has 5 atom stereocenters. The maximum absolute atomic E-state index is 13.3. The summed E-state index contributed by atoms with van der Waals surface area (Å²) in [7, 11) is -4.12. The Bertz CT molecular complexity index is 1720. The first-order valence-electron chi connectivity index (χ1n) is 12.0. The lowest BCUT2D eigenvalue weighted by molar-refractivity contribution is -0.0714. The molecule has 14 heteroatoms. The van der Waals surface area contributed by atoms with Gasteiger partial charge >= 0.3 is 7.82 Å². The number of aliphatic hydroxyl groups is 1. The number of hydrogen-bond acceptors (Lipinski definition) is 12. The molecule has 0 radical (unpaired) electrons. The average Bonchev–Trinajstić information content (AvgIpc) is 3.52. The minimum Gasteiger partial charge on any atom is -0.386 e. The van der Waals surface area contributed by atoms with E-state index in [-0.39, 0.29) is 36.2 Å². The van der Waals surface area contributed by atoms with Gasteiger partial charge < -0.3 is 15.6 Å². The average molecular weight is 549 g/mol. The fourth-order valence-corrected chi connectivity index (χ4v) is 6.46. The van der Waals surface area contributed by atoms with Gasteiger partial charge in [-0.25, -0.2) is 19.5 Å². The topological polar surface area (TPSA) is 178 Å². The quantitative estimate of drug-likeness (QED) is 0.313. The number of nitrogens with two attached hydrogens (primary N) is 1. The van der Waals surface area contributed by atoms with E-state index in [0.29, 0.717) is 33.4 Å². The predicted molar refractivity (Wildman–Crippen MR) is 133 cm³/mol. The van der Waals surface area contributed by atoms with Crippen LogP contribution in [0.4, 0.5) is 5.82 Å². The summed E-state index contributed by atoms with van der Waals surface area (Å²) in [6, 6.07) is 11.3. The van der Waals surface area contributed by atoms with E-state index in [1.54, 1.807) is 36.4 Å². The van der Waals surface area contributed by atoms with Crippen LogP contribution in [-0.4, -0.2) is 61.1 Å². The number of ketones is 2. The van der Waals surface area contributed by atoms with Crippen LogP contribution in [0.25, 0.3) is 11.2 Å². The number of imidazole rings is 1. The van der Waals surface area contributed by atoms with Gasteiger partial charge in [-0.05, 0) is 17.7 Å². The number of hydrogen-bond donors (Lipinski definition) is 2. The third-order valence-electron chi connectivity index (χ3n) is 7.00. The van der Waals surface area contributed by atoms with Gasteiger partial charge in [0.15, 0.2) is 29.3 Å². The fourth-order valence-electron chi connectivity index (χ4n) is 5.07. The van der Waals surface area contributed by atoms with Crippen molar-refractivity contribution in [2.75, 3.05) is 12.3 Å². The van der Waals surface area contributed by atoms with E-state index >= 15 is 0 Å². The van der Waals surface area contributed by atoms with Crippen molar-refractivity contribution in [3.8, 4) is 0 Å². The Balaban J connectivity index is 1.08. The molecule has 2 aromatic carbocycles. The number of aliphatic hydroxyl groups excluding tert-OH is 1. The van der Waals surface area contributed by atoms with Crippen LogP contribution < -0.4 is 5.73 Å². The highest BCUT2D eigenvalue weighted by molar-refractivity contribution is 7.48.